The van der Waals surface area contributed by atoms with Gasteiger partial charge in [0.2, 0.25) is 0 Å². The Balaban J connectivity index is 4.18. The third-order valence-electron chi connectivity index (χ3n) is 10.5. The number of unbranched alkanes of at least 4 members (excludes halogenated alkanes) is 26. The quantitative estimate of drug-likeness (QED) is 0.0234. The average Bonchev–Trinajstić information content (AvgIpc) is 3.24. The maximum Gasteiger partial charge on any atom is 0.472 e. The number of phosphoric acid groups is 1. The first-order valence-corrected chi connectivity index (χ1v) is 25.9. The van der Waals surface area contributed by atoms with Crippen LogP contribution in [0.1, 0.15) is 226 Å². The second-order valence-corrected chi connectivity index (χ2v) is 17.9. The zero-order chi connectivity index (χ0) is 44.0. The zero-order valence-corrected chi connectivity index (χ0v) is 39.3. The summed E-state index contributed by atoms with van der Waals surface area (Å²) in [5.41, 5.74) is 0. The van der Waals surface area contributed by atoms with Gasteiger partial charge in [0.05, 0.1) is 19.8 Å². The first kappa shape index (κ1) is 58.2. The summed E-state index contributed by atoms with van der Waals surface area (Å²) in [5.74, 6) is -0.973. The molecular weight excluding hydrogens is 780 g/mol. The first-order valence-electron chi connectivity index (χ1n) is 24.4. The van der Waals surface area contributed by atoms with Gasteiger partial charge in [-0.05, 0) is 57.8 Å². The summed E-state index contributed by atoms with van der Waals surface area (Å²) in [6.07, 6.45) is 48.4. The Labute approximate surface area is 367 Å². The largest absolute Gasteiger partial charge is 0.472 e. The van der Waals surface area contributed by atoms with Gasteiger partial charge in [-0.25, -0.2) is 4.57 Å². The molecule has 0 rings (SSSR count). The predicted molar refractivity (Wildman–Crippen MR) is 247 cm³/mol. The Morgan fingerprint density at radius 1 is 0.500 bits per heavy atom. The van der Waals surface area contributed by atoms with Gasteiger partial charge in [0.1, 0.15) is 12.7 Å². The number of esters is 2. The van der Waals surface area contributed by atoms with Gasteiger partial charge in [0.15, 0.2) is 6.10 Å². The first-order chi connectivity index (χ1) is 29.2. The number of hydrogen-bond acceptors (Lipinski definition) is 9. The zero-order valence-electron chi connectivity index (χ0n) is 38.4. The highest BCUT2D eigenvalue weighted by molar-refractivity contribution is 7.47. The molecule has 0 saturated heterocycles. The maximum atomic E-state index is 12.6. The number of carbonyl (C=O) groups excluding carboxylic acids is 2. The van der Waals surface area contributed by atoms with Crippen molar-refractivity contribution in [3.8, 4) is 0 Å². The van der Waals surface area contributed by atoms with Gasteiger partial charge in [-0.2, -0.15) is 0 Å². The molecule has 0 aromatic rings. The van der Waals surface area contributed by atoms with Crippen LogP contribution in [0.25, 0.3) is 0 Å². The molecule has 60 heavy (non-hydrogen) atoms. The minimum absolute atomic E-state index is 0.163. The highest BCUT2D eigenvalue weighted by Crippen LogP contribution is 2.43. The van der Waals surface area contributed by atoms with E-state index in [9.17, 15) is 24.2 Å². The minimum Gasteiger partial charge on any atom is -0.462 e. The monoisotopic (exact) mass is 871 g/mol. The van der Waals surface area contributed by atoms with Crippen LogP contribution in [0.3, 0.4) is 0 Å². The molecule has 0 aromatic heterocycles. The van der Waals surface area contributed by atoms with Gasteiger partial charge in [-0.1, -0.05) is 192 Å². The fourth-order valence-corrected chi connectivity index (χ4v) is 7.51. The Morgan fingerprint density at radius 3 is 1.40 bits per heavy atom. The lowest BCUT2D eigenvalue weighted by Crippen LogP contribution is -2.29. The molecule has 0 aromatic carbocycles. The molecule has 10 nitrogen and oxygen atoms in total. The molecule has 1 unspecified atom stereocenters. The molecule has 0 fully saturated rings. The fraction of sp³-hybridized carbons (Fsp3) is 0.837. The van der Waals surface area contributed by atoms with E-state index in [2.05, 4.69) is 50.3 Å². The normalized spacial score (nSPS) is 14.0. The van der Waals surface area contributed by atoms with Crippen LogP contribution in [0.5, 0.6) is 0 Å². The summed E-state index contributed by atoms with van der Waals surface area (Å²) in [6.45, 7) is 2.32. The molecule has 0 aliphatic carbocycles. The topological polar surface area (TPSA) is 149 Å². The molecule has 0 spiro atoms. The predicted octanol–water partition coefficient (Wildman–Crippen LogP) is 13.5. The second-order valence-electron chi connectivity index (χ2n) is 16.5. The van der Waals surface area contributed by atoms with Gasteiger partial charge in [0.25, 0.3) is 0 Å². The van der Waals surface area contributed by atoms with Crippen LogP contribution >= 0.6 is 7.82 Å². The fourth-order valence-electron chi connectivity index (χ4n) is 6.72. The number of ether oxygens (including phenoxy) is 2. The summed E-state index contributed by atoms with van der Waals surface area (Å²) in [5, 5.41) is 18.4. The summed E-state index contributed by atoms with van der Waals surface area (Å²) >= 11 is 0. The van der Waals surface area contributed by atoms with E-state index in [1.165, 1.54) is 128 Å². The molecule has 0 amide bonds. The van der Waals surface area contributed by atoms with E-state index in [1.807, 2.05) is 0 Å². The highest BCUT2D eigenvalue weighted by Gasteiger charge is 2.27. The summed E-state index contributed by atoms with van der Waals surface area (Å²) in [6, 6.07) is 0. The van der Waals surface area contributed by atoms with Crippen LogP contribution < -0.4 is 0 Å². The van der Waals surface area contributed by atoms with Crippen molar-refractivity contribution in [3.63, 3.8) is 0 Å². The van der Waals surface area contributed by atoms with Crippen LogP contribution in [-0.2, 0) is 32.7 Å². The Morgan fingerprint density at radius 2 is 0.900 bits per heavy atom. The molecular formula is C49H91O10P. The number of rotatable bonds is 46. The van der Waals surface area contributed by atoms with E-state index < -0.39 is 51.8 Å². The van der Waals surface area contributed by atoms with Crippen LogP contribution in [-0.4, -0.2) is 65.7 Å². The van der Waals surface area contributed by atoms with E-state index in [-0.39, 0.29) is 19.4 Å². The number of aliphatic hydroxyl groups excluding tert-OH is 2. The molecule has 0 saturated carbocycles. The molecule has 0 bridgehead atoms. The highest BCUT2D eigenvalue weighted by atomic mass is 31.2. The smallest absolute Gasteiger partial charge is 0.462 e. The molecule has 11 heteroatoms. The summed E-state index contributed by atoms with van der Waals surface area (Å²) in [4.78, 5) is 35.0. The second kappa shape index (κ2) is 45.2. The SMILES string of the molecule is CCCC/C=C/C/C=C/CCCCCCCC(=O)O[C@@H](COC(=O)CCC/C=C/CCCCCCCCCCCCCCCCCCCC)COP(=O)(O)OC[C@H](O)CO. The average molecular weight is 871 g/mol. The van der Waals surface area contributed by atoms with Crippen molar-refractivity contribution < 1.29 is 47.8 Å². The summed E-state index contributed by atoms with van der Waals surface area (Å²) < 4.78 is 32.7. The van der Waals surface area contributed by atoms with Crippen LogP contribution in [0.15, 0.2) is 36.5 Å². The molecule has 352 valence electrons. The maximum absolute atomic E-state index is 12.6. The van der Waals surface area contributed by atoms with E-state index >= 15 is 0 Å². The molecule has 3 atom stereocenters. The van der Waals surface area contributed by atoms with Crippen molar-refractivity contribution in [1.29, 1.82) is 0 Å². The third kappa shape index (κ3) is 44.3. The number of carbonyl (C=O) groups is 2. The molecule has 0 aliphatic heterocycles. The van der Waals surface area contributed by atoms with E-state index in [0.29, 0.717) is 12.8 Å². The van der Waals surface area contributed by atoms with Gasteiger partial charge < -0.3 is 24.6 Å². The molecule has 3 N–H and O–H groups in total. The number of phosphoric ester groups is 1. The number of aliphatic hydroxyl groups is 2. The molecule has 0 heterocycles. The number of allylic oxidation sites excluding steroid dienone is 6. The Bertz CT molecular complexity index is 1090. The van der Waals surface area contributed by atoms with Gasteiger partial charge in [-0.3, -0.25) is 18.6 Å². The van der Waals surface area contributed by atoms with E-state index in [1.54, 1.807) is 0 Å². The number of hydrogen-bond donors (Lipinski definition) is 3. The minimum atomic E-state index is -4.63. The van der Waals surface area contributed by atoms with Gasteiger partial charge >= 0.3 is 19.8 Å². The van der Waals surface area contributed by atoms with Crippen molar-refractivity contribution in [2.24, 2.45) is 0 Å². The van der Waals surface area contributed by atoms with Crippen LogP contribution in [0, 0.1) is 0 Å². The van der Waals surface area contributed by atoms with Crippen molar-refractivity contribution in [1.82, 2.24) is 0 Å². The Hall–Kier alpha value is -1.81. The lowest BCUT2D eigenvalue weighted by molar-refractivity contribution is -0.161. The van der Waals surface area contributed by atoms with E-state index in [4.69, 9.17) is 23.6 Å². The summed E-state index contributed by atoms with van der Waals surface area (Å²) in [7, 11) is -4.63. The van der Waals surface area contributed by atoms with Crippen molar-refractivity contribution >= 4 is 19.8 Å². The van der Waals surface area contributed by atoms with Crippen molar-refractivity contribution in [2.75, 3.05) is 26.4 Å². The van der Waals surface area contributed by atoms with Crippen LogP contribution in [0.2, 0.25) is 0 Å². The van der Waals surface area contributed by atoms with Gasteiger partial charge in [0, 0.05) is 12.8 Å². The van der Waals surface area contributed by atoms with Crippen LogP contribution in [0.4, 0.5) is 0 Å². The van der Waals surface area contributed by atoms with Crippen molar-refractivity contribution in [3.05, 3.63) is 36.5 Å². The molecule has 0 radical (unpaired) electrons. The Kier molecular flexibility index (Phi) is 43.9. The third-order valence-corrected chi connectivity index (χ3v) is 11.5. The van der Waals surface area contributed by atoms with E-state index in [0.717, 1.165) is 57.8 Å². The van der Waals surface area contributed by atoms with Crippen molar-refractivity contribution in [2.45, 2.75) is 238 Å². The van der Waals surface area contributed by atoms with Gasteiger partial charge in [-0.15, -0.1) is 0 Å². The molecule has 0 aliphatic rings. The standard InChI is InChI=1S/C49H91O10P/c1-3-5-7-9-11-13-15-17-19-20-21-22-23-24-25-26-27-29-30-32-34-36-38-40-48(52)56-44-47(45-58-60(54,55)57-43-46(51)42-50)59-49(53)41-39-37-35-33-31-28-18-16-14-12-10-8-6-4-2/h10,12,16,18,32,34,46-47,50-51H,3-9,11,13-15,17,19-31,33,35-45H2,1-2H3,(H,54,55)/b12-10+,18-16+,34-32+/t46-,47+/m1/s1. The lowest BCUT2D eigenvalue weighted by atomic mass is 10.0. The lowest BCUT2D eigenvalue weighted by Gasteiger charge is -2.20.